The Morgan fingerprint density at radius 3 is 2.34 bits per heavy atom. The predicted molar refractivity (Wildman–Crippen MR) is 129 cm³/mol. The molecule has 0 bridgehead atoms. The lowest BCUT2D eigenvalue weighted by atomic mass is 10.0. The van der Waals surface area contributed by atoms with E-state index in [0.717, 1.165) is 15.6 Å². The molecule has 4 aromatic carbocycles. The minimum Gasteiger partial charge on any atom is -0.488 e. The molecule has 4 nitrogen and oxygen atoms in total. The quantitative estimate of drug-likeness (QED) is 0.238. The van der Waals surface area contributed by atoms with E-state index in [1.54, 1.807) is 18.2 Å². The third kappa shape index (κ3) is 4.88. The van der Waals surface area contributed by atoms with Gasteiger partial charge >= 0.3 is 5.97 Å². The summed E-state index contributed by atoms with van der Waals surface area (Å²) in [6.07, 6.45) is 1.76. The fourth-order valence-corrected chi connectivity index (χ4v) is 3.86. The molecule has 0 unspecified atom stereocenters. The minimum absolute atomic E-state index is 0.182. The van der Waals surface area contributed by atoms with Crippen LogP contribution in [0.2, 0.25) is 0 Å². The van der Waals surface area contributed by atoms with Crippen LogP contribution < -0.4 is 4.74 Å². The van der Waals surface area contributed by atoms with Crippen LogP contribution in [0.3, 0.4) is 0 Å². The molecule has 5 heteroatoms. The molecule has 0 saturated carbocycles. The van der Waals surface area contributed by atoms with Crippen molar-refractivity contribution in [2.24, 2.45) is 0 Å². The molecule has 0 spiro atoms. The second-order valence-electron chi connectivity index (χ2n) is 7.21. The topological polar surface area (TPSA) is 70.3 Å². The van der Waals surface area contributed by atoms with Gasteiger partial charge in [-0.05, 0) is 79.8 Å². The Labute approximate surface area is 194 Å². The highest BCUT2D eigenvalue weighted by atomic mass is 79.9. The normalized spacial score (nSPS) is 11.2. The Hall–Kier alpha value is -3.88. The molecule has 0 aromatic heterocycles. The summed E-state index contributed by atoms with van der Waals surface area (Å²) in [5.41, 5.74) is 3.19. The van der Waals surface area contributed by atoms with Gasteiger partial charge in [-0.3, -0.25) is 0 Å². The molecule has 156 valence electrons. The first-order chi connectivity index (χ1) is 15.5. The Morgan fingerprint density at radius 2 is 1.66 bits per heavy atom. The van der Waals surface area contributed by atoms with E-state index >= 15 is 0 Å². The summed E-state index contributed by atoms with van der Waals surface area (Å²) in [6.45, 7) is 0.442. The van der Waals surface area contributed by atoms with Gasteiger partial charge in [-0.15, -0.1) is 0 Å². The molecule has 0 atom stereocenters. The van der Waals surface area contributed by atoms with Crippen molar-refractivity contribution in [3.8, 4) is 11.8 Å². The van der Waals surface area contributed by atoms with Crippen LogP contribution in [0.5, 0.6) is 5.75 Å². The van der Waals surface area contributed by atoms with Crippen molar-refractivity contribution in [3.05, 3.63) is 112 Å². The van der Waals surface area contributed by atoms with E-state index in [2.05, 4.69) is 52.3 Å². The van der Waals surface area contributed by atoms with E-state index in [0.29, 0.717) is 23.5 Å². The van der Waals surface area contributed by atoms with Crippen LogP contribution in [-0.2, 0) is 6.61 Å². The maximum atomic E-state index is 11.0. The van der Waals surface area contributed by atoms with Gasteiger partial charge in [-0.25, -0.2) is 4.79 Å². The molecule has 32 heavy (non-hydrogen) atoms. The third-order valence-corrected chi connectivity index (χ3v) is 5.66. The summed E-state index contributed by atoms with van der Waals surface area (Å²) in [6, 6.07) is 28.5. The highest BCUT2D eigenvalue weighted by molar-refractivity contribution is 9.10. The Bertz CT molecular complexity index is 1370. The van der Waals surface area contributed by atoms with Crippen LogP contribution in [0, 0.1) is 11.3 Å². The number of halogens is 1. The lowest BCUT2D eigenvalue weighted by Crippen LogP contribution is -1.96. The fraction of sp³-hybridized carbons (Fsp3) is 0.0370. The zero-order valence-electron chi connectivity index (χ0n) is 17.0. The highest BCUT2D eigenvalue weighted by Crippen LogP contribution is 2.29. The largest absolute Gasteiger partial charge is 0.488 e. The van der Waals surface area contributed by atoms with Crippen LogP contribution in [0.15, 0.2) is 89.4 Å². The second-order valence-corrected chi connectivity index (χ2v) is 8.07. The molecule has 0 aliphatic carbocycles. The Morgan fingerprint density at radius 1 is 0.938 bits per heavy atom. The highest BCUT2D eigenvalue weighted by Gasteiger charge is 2.07. The van der Waals surface area contributed by atoms with Gasteiger partial charge < -0.3 is 9.84 Å². The van der Waals surface area contributed by atoms with Gasteiger partial charge in [0.05, 0.1) is 21.7 Å². The summed E-state index contributed by atoms with van der Waals surface area (Å²) in [5, 5.41) is 21.0. The first kappa shape index (κ1) is 21.4. The standard InChI is InChI=1S/C27H18BrNO3/c28-25-15-18(13-24(16-29)21-8-10-22(11-9-21)27(30)31)6-12-26(25)32-17-19-5-7-20-3-1-2-4-23(20)14-19/h1-15H,17H2,(H,30,31). The van der Waals surface area contributed by atoms with Gasteiger partial charge in [0.1, 0.15) is 12.4 Å². The number of rotatable bonds is 6. The molecule has 1 N–H and O–H groups in total. The van der Waals surface area contributed by atoms with Crippen molar-refractivity contribution in [1.29, 1.82) is 5.26 Å². The van der Waals surface area contributed by atoms with Crippen LogP contribution in [0.4, 0.5) is 0 Å². The molecule has 0 heterocycles. The second kappa shape index (κ2) is 9.51. The number of aromatic carboxylic acids is 1. The number of hydrogen-bond acceptors (Lipinski definition) is 3. The summed E-state index contributed by atoms with van der Waals surface area (Å²) in [7, 11) is 0. The molecule has 0 fully saturated rings. The first-order valence-corrected chi connectivity index (χ1v) is 10.7. The van der Waals surface area contributed by atoms with Gasteiger partial charge in [-0.1, -0.05) is 54.6 Å². The number of nitrogens with zero attached hydrogens (tertiary/aromatic N) is 1. The van der Waals surface area contributed by atoms with Crippen molar-refractivity contribution in [3.63, 3.8) is 0 Å². The summed E-state index contributed by atoms with van der Waals surface area (Å²) < 4.78 is 6.77. The van der Waals surface area contributed by atoms with Crippen LogP contribution >= 0.6 is 15.9 Å². The van der Waals surface area contributed by atoms with Crippen molar-refractivity contribution >= 4 is 44.3 Å². The minimum atomic E-state index is -0.998. The summed E-state index contributed by atoms with van der Waals surface area (Å²) >= 11 is 3.55. The van der Waals surface area contributed by atoms with Gasteiger partial charge in [-0.2, -0.15) is 5.26 Å². The number of carboxylic acids is 1. The number of carboxylic acid groups (broad SMARTS) is 1. The van der Waals surface area contributed by atoms with Crippen molar-refractivity contribution in [2.45, 2.75) is 6.61 Å². The molecule has 0 aliphatic rings. The number of ether oxygens (including phenoxy) is 1. The Balaban J connectivity index is 1.50. The van der Waals surface area contributed by atoms with Crippen molar-refractivity contribution in [1.82, 2.24) is 0 Å². The average molecular weight is 484 g/mol. The fourth-order valence-electron chi connectivity index (χ4n) is 3.35. The van der Waals surface area contributed by atoms with Gasteiger partial charge in [0.2, 0.25) is 0 Å². The number of allylic oxidation sites excluding steroid dienone is 1. The summed E-state index contributed by atoms with van der Waals surface area (Å²) in [4.78, 5) is 11.0. The molecule has 4 rings (SSSR count). The predicted octanol–water partition coefficient (Wildman–Crippen LogP) is 6.94. The lowest BCUT2D eigenvalue weighted by molar-refractivity contribution is 0.0697. The van der Waals surface area contributed by atoms with E-state index in [9.17, 15) is 10.1 Å². The molecule has 0 amide bonds. The van der Waals surface area contributed by atoms with Crippen molar-refractivity contribution < 1.29 is 14.6 Å². The number of hydrogen-bond donors (Lipinski definition) is 1. The zero-order valence-corrected chi connectivity index (χ0v) is 18.5. The van der Waals surface area contributed by atoms with Crippen LogP contribution in [-0.4, -0.2) is 11.1 Å². The average Bonchev–Trinajstić information content (AvgIpc) is 2.82. The van der Waals surface area contributed by atoms with Crippen LogP contribution in [0.25, 0.3) is 22.4 Å². The Kier molecular flexibility index (Phi) is 6.34. The van der Waals surface area contributed by atoms with Crippen molar-refractivity contribution in [2.75, 3.05) is 0 Å². The molecular weight excluding hydrogens is 466 g/mol. The first-order valence-electron chi connectivity index (χ1n) is 9.89. The third-order valence-electron chi connectivity index (χ3n) is 5.04. The molecule has 0 radical (unpaired) electrons. The summed E-state index contributed by atoms with van der Waals surface area (Å²) in [5.74, 6) is -0.290. The van der Waals surface area contributed by atoms with Gasteiger partial charge in [0.25, 0.3) is 0 Å². The lowest BCUT2D eigenvalue weighted by Gasteiger charge is -2.10. The van der Waals surface area contributed by atoms with Gasteiger partial charge in [0.15, 0.2) is 0 Å². The number of fused-ring (bicyclic) bond motifs is 1. The maximum absolute atomic E-state index is 11.0. The maximum Gasteiger partial charge on any atom is 0.335 e. The number of benzene rings is 4. The monoisotopic (exact) mass is 483 g/mol. The van der Waals surface area contributed by atoms with Crippen LogP contribution in [0.1, 0.15) is 27.0 Å². The van der Waals surface area contributed by atoms with E-state index in [4.69, 9.17) is 9.84 Å². The molecule has 0 saturated heterocycles. The van der Waals surface area contributed by atoms with E-state index in [-0.39, 0.29) is 5.56 Å². The molecule has 4 aromatic rings. The van der Waals surface area contributed by atoms with Gasteiger partial charge in [0, 0.05) is 0 Å². The molecular formula is C27H18BrNO3. The number of carbonyl (C=O) groups is 1. The molecule has 0 aliphatic heterocycles. The smallest absolute Gasteiger partial charge is 0.335 e. The number of nitriles is 1. The van der Waals surface area contributed by atoms with E-state index < -0.39 is 5.97 Å². The zero-order chi connectivity index (χ0) is 22.5. The van der Waals surface area contributed by atoms with E-state index in [1.165, 1.54) is 22.9 Å². The SMILES string of the molecule is N#CC(=Cc1ccc(OCc2ccc3ccccc3c2)c(Br)c1)c1ccc(C(=O)O)cc1. The van der Waals surface area contributed by atoms with E-state index in [1.807, 2.05) is 30.3 Å².